The lowest BCUT2D eigenvalue weighted by Crippen LogP contribution is -2.46. The molecule has 3 N–H and O–H groups in total. The fraction of sp³-hybridized carbons (Fsp3) is 0.333. The highest BCUT2D eigenvalue weighted by Crippen LogP contribution is 2.05. The molecule has 0 bridgehead atoms. The van der Waals surface area contributed by atoms with Crippen LogP contribution in [-0.4, -0.2) is 23.0 Å². The van der Waals surface area contributed by atoms with Crippen LogP contribution in [0.15, 0.2) is 24.3 Å². The lowest BCUT2D eigenvalue weighted by Gasteiger charge is -2.10. The van der Waals surface area contributed by atoms with E-state index in [1.807, 2.05) is 13.0 Å². The normalized spacial score (nSPS) is 11.9. The smallest absolute Gasteiger partial charge is 0.322 e. The number of hydrogen-bond donors (Lipinski definition) is 3. The van der Waals surface area contributed by atoms with Gasteiger partial charge >= 0.3 is 5.97 Å². The van der Waals surface area contributed by atoms with Crippen molar-refractivity contribution in [2.75, 3.05) is 0 Å². The molecule has 0 saturated carbocycles. The molecule has 1 rings (SSSR count). The third-order valence-electron chi connectivity index (χ3n) is 2.37. The van der Waals surface area contributed by atoms with Crippen LogP contribution in [0.2, 0.25) is 0 Å². The quantitative estimate of drug-likeness (QED) is 0.665. The molecule has 1 aromatic rings. The summed E-state index contributed by atoms with van der Waals surface area (Å²) in [6.45, 7) is 3.45. The average molecular weight is 236 g/mol. The van der Waals surface area contributed by atoms with Gasteiger partial charge in [-0.1, -0.05) is 19.1 Å². The molecule has 0 aliphatic carbocycles. The van der Waals surface area contributed by atoms with Gasteiger partial charge in [-0.2, -0.15) is 0 Å². The third kappa shape index (κ3) is 3.88. The highest BCUT2D eigenvalue weighted by molar-refractivity contribution is 5.94. The van der Waals surface area contributed by atoms with E-state index in [2.05, 4.69) is 10.9 Å². The van der Waals surface area contributed by atoms with Crippen molar-refractivity contribution in [2.24, 2.45) is 0 Å². The van der Waals surface area contributed by atoms with Gasteiger partial charge in [0.15, 0.2) is 0 Å². The van der Waals surface area contributed by atoms with Crippen LogP contribution in [0.25, 0.3) is 0 Å². The Hall–Kier alpha value is -1.88. The predicted molar refractivity (Wildman–Crippen MR) is 63.5 cm³/mol. The summed E-state index contributed by atoms with van der Waals surface area (Å²) in [5.74, 6) is -1.36. The number of hydrazine groups is 1. The van der Waals surface area contributed by atoms with Gasteiger partial charge in [0.2, 0.25) is 0 Å². The monoisotopic (exact) mass is 236 g/mol. The Morgan fingerprint density at radius 3 is 2.71 bits per heavy atom. The van der Waals surface area contributed by atoms with Crippen molar-refractivity contribution in [2.45, 2.75) is 26.3 Å². The second-order valence-corrected chi connectivity index (χ2v) is 3.71. The topological polar surface area (TPSA) is 78.4 Å². The molecule has 0 fully saturated rings. The number of carboxylic acids is 1. The number of amides is 1. The molecule has 0 radical (unpaired) electrons. The van der Waals surface area contributed by atoms with Crippen molar-refractivity contribution in [3.8, 4) is 0 Å². The summed E-state index contributed by atoms with van der Waals surface area (Å²) in [6.07, 6.45) is 0.847. The van der Waals surface area contributed by atoms with E-state index in [1.54, 1.807) is 18.2 Å². The van der Waals surface area contributed by atoms with Gasteiger partial charge in [-0.05, 0) is 31.0 Å². The Balaban J connectivity index is 2.60. The minimum absolute atomic E-state index is 0.339. The van der Waals surface area contributed by atoms with Crippen LogP contribution < -0.4 is 10.9 Å². The van der Waals surface area contributed by atoms with E-state index in [0.717, 1.165) is 12.0 Å². The zero-order valence-corrected chi connectivity index (χ0v) is 9.86. The fourth-order valence-electron chi connectivity index (χ4n) is 1.24. The van der Waals surface area contributed by atoms with Gasteiger partial charge in [0.1, 0.15) is 6.04 Å². The molecule has 0 aromatic heterocycles. The zero-order chi connectivity index (χ0) is 12.8. The van der Waals surface area contributed by atoms with Gasteiger partial charge in [0.05, 0.1) is 0 Å². The van der Waals surface area contributed by atoms with Gasteiger partial charge in [0.25, 0.3) is 5.91 Å². The van der Waals surface area contributed by atoms with Gasteiger partial charge in [-0.3, -0.25) is 15.0 Å². The number of rotatable bonds is 5. The molecule has 5 nitrogen and oxygen atoms in total. The lowest BCUT2D eigenvalue weighted by molar-refractivity contribution is -0.139. The molecule has 1 unspecified atom stereocenters. The van der Waals surface area contributed by atoms with Crippen molar-refractivity contribution < 1.29 is 14.7 Å². The molecular weight excluding hydrogens is 220 g/mol. The second kappa shape index (κ2) is 6.00. The summed E-state index contributed by atoms with van der Waals surface area (Å²) < 4.78 is 0. The first-order chi connectivity index (χ1) is 8.04. The SMILES string of the molecule is CCc1cccc(C(=O)NNC(C)C(=O)O)c1. The number of hydrogen-bond acceptors (Lipinski definition) is 3. The largest absolute Gasteiger partial charge is 0.480 e. The number of carboxylic acid groups (broad SMARTS) is 1. The van der Waals surface area contributed by atoms with Crippen LogP contribution in [0.4, 0.5) is 0 Å². The Kier molecular flexibility index (Phi) is 4.66. The lowest BCUT2D eigenvalue weighted by atomic mass is 10.1. The van der Waals surface area contributed by atoms with Crippen LogP contribution in [0, 0.1) is 0 Å². The van der Waals surface area contributed by atoms with Gasteiger partial charge in [-0.15, -0.1) is 0 Å². The van der Waals surface area contributed by atoms with E-state index >= 15 is 0 Å². The van der Waals surface area contributed by atoms with E-state index in [9.17, 15) is 9.59 Å². The second-order valence-electron chi connectivity index (χ2n) is 3.71. The van der Waals surface area contributed by atoms with E-state index in [-0.39, 0.29) is 5.91 Å². The van der Waals surface area contributed by atoms with E-state index in [1.165, 1.54) is 6.92 Å². The summed E-state index contributed by atoms with van der Waals surface area (Å²) in [5.41, 5.74) is 6.35. The number of carbonyl (C=O) groups excluding carboxylic acids is 1. The molecule has 0 aliphatic heterocycles. The molecule has 1 amide bonds. The maximum Gasteiger partial charge on any atom is 0.322 e. The molecule has 1 atom stereocenters. The number of nitrogens with one attached hydrogen (secondary N) is 2. The van der Waals surface area contributed by atoms with Crippen LogP contribution in [0.3, 0.4) is 0 Å². The molecule has 92 valence electrons. The van der Waals surface area contributed by atoms with Crippen molar-refractivity contribution >= 4 is 11.9 Å². The first-order valence-corrected chi connectivity index (χ1v) is 5.42. The van der Waals surface area contributed by atoms with Crippen molar-refractivity contribution in [1.82, 2.24) is 10.9 Å². The first-order valence-electron chi connectivity index (χ1n) is 5.42. The molecule has 17 heavy (non-hydrogen) atoms. The highest BCUT2D eigenvalue weighted by atomic mass is 16.4. The van der Waals surface area contributed by atoms with Gasteiger partial charge in [0, 0.05) is 5.56 Å². The van der Waals surface area contributed by atoms with Crippen molar-refractivity contribution in [1.29, 1.82) is 0 Å². The average Bonchev–Trinajstić information content (AvgIpc) is 2.35. The summed E-state index contributed by atoms with van der Waals surface area (Å²) in [4.78, 5) is 22.2. The standard InChI is InChI=1S/C12H16N2O3/c1-3-9-5-4-6-10(7-9)11(15)14-13-8(2)12(16)17/h4-8,13H,3H2,1-2H3,(H,14,15)(H,16,17). The number of carbonyl (C=O) groups is 2. The van der Waals surface area contributed by atoms with Crippen molar-refractivity contribution in [3.05, 3.63) is 35.4 Å². The summed E-state index contributed by atoms with van der Waals surface area (Å²) >= 11 is 0. The van der Waals surface area contributed by atoms with Crippen LogP contribution in [0.1, 0.15) is 29.8 Å². The minimum atomic E-state index is -1.02. The van der Waals surface area contributed by atoms with Crippen molar-refractivity contribution in [3.63, 3.8) is 0 Å². The van der Waals surface area contributed by atoms with E-state index < -0.39 is 12.0 Å². The number of aryl methyl sites for hydroxylation is 1. The molecule has 0 aliphatic rings. The Bertz CT molecular complexity index is 418. The Morgan fingerprint density at radius 2 is 2.12 bits per heavy atom. The van der Waals surface area contributed by atoms with Crippen LogP contribution >= 0.6 is 0 Å². The van der Waals surface area contributed by atoms with E-state index in [4.69, 9.17) is 5.11 Å². The van der Waals surface area contributed by atoms with Gasteiger partial charge in [-0.25, -0.2) is 5.43 Å². The summed E-state index contributed by atoms with van der Waals surface area (Å²) in [6, 6.07) is 6.37. The maximum atomic E-state index is 11.7. The molecule has 0 spiro atoms. The fourth-order valence-corrected chi connectivity index (χ4v) is 1.24. The molecular formula is C12H16N2O3. The summed E-state index contributed by atoms with van der Waals surface area (Å²) in [7, 11) is 0. The minimum Gasteiger partial charge on any atom is -0.480 e. The van der Waals surface area contributed by atoms with Crippen LogP contribution in [0.5, 0.6) is 0 Å². The highest BCUT2D eigenvalue weighted by Gasteiger charge is 2.12. The number of benzene rings is 1. The maximum absolute atomic E-state index is 11.7. The molecule has 1 aromatic carbocycles. The van der Waals surface area contributed by atoms with E-state index in [0.29, 0.717) is 5.56 Å². The Morgan fingerprint density at radius 1 is 1.41 bits per heavy atom. The number of aliphatic carboxylic acids is 1. The first kappa shape index (κ1) is 13.2. The zero-order valence-electron chi connectivity index (χ0n) is 9.86. The van der Waals surface area contributed by atoms with Crippen LogP contribution in [-0.2, 0) is 11.2 Å². The van der Waals surface area contributed by atoms with Gasteiger partial charge < -0.3 is 5.11 Å². The predicted octanol–water partition coefficient (Wildman–Crippen LogP) is 0.956. The summed E-state index contributed by atoms with van der Waals surface area (Å²) in [5, 5.41) is 8.63. The third-order valence-corrected chi connectivity index (χ3v) is 2.37. The molecule has 0 heterocycles. The molecule has 5 heteroatoms. The molecule has 0 saturated heterocycles. The Labute approximate surface area is 99.8 Å².